The molecule has 0 saturated heterocycles. The van der Waals surface area contributed by atoms with Crippen molar-refractivity contribution in [1.82, 2.24) is 19.7 Å². The summed E-state index contributed by atoms with van der Waals surface area (Å²) in [5.41, 5.74) is 9.32. The van der Waals surface area contributed by atoms with Gasteiger partial charge in [-0.25, -0.2) is 9.67 Å². The van der Waals surface area contributed by atoms with Gasteiger partial charge >= 0.3 is 0 Å². The van der Waals surface area contributed by atoms with Crippen LogP contribution < -0.4 is 5.56 Å². The third kappa shape index (κ3) is 4.41. The first-order chi connectivity index (χ1) is 11.1. The van der Waals surface area contributed by atoms with Gasteiger partial charge < -0.3 is 0 Å². The second kappa shape index (κ2) is 7.75. The maximum atomic E-state index is 11.9. The molecule has 0 aliphatic rings. The summed E-state index contributed by atoms with van der Waals surface area (Å²) in [5, 5.41) is 7.76. The van der Waals surface area contributed by atoms with E-state index in [1.165, 1.54) is 10.7 Å². The average Bonchev–Trinajstić information content (AvgIpc) is 2.55. The zero-order chi connectivity index (χ0) is 16.7. The SMILES string of the molecule is C#CCN(C)CCn1nc(-c2cccc(N=[N+]=[N-])n2)ccc1=O. The van der Waals surface area contributed by atoms with Crippen LogP contribution in [0.1, 0.15) is 0 Å². The van der Waals surface area contributed by atoms with Crippen molar-refractivity contribution in [2.45, 2.75) is 6.54 Å². The summed E-state index contributed by atoms with van der Waals surface area (Å²) < 4.78 is 1.37. The highest BCUT2D eigenvalue weighted by Gasteiger charge is 2.06. The van der Waals surface area contributed by atoms with E-state index in [2.05, 4.69) is 26.0 Å². The summed E-state index contributed by atoms with van der Waals surface area (Å²) in [6.07, 6.45) is 5.25. The van der Waals surface area contributed by atoms with Crippen LogP contribution in [0.25, 0.3) is 21.8 Å². The first-order valence-electron chi connectivity index (χ1n) is 6.86. The number of pyridine rings is 1. The van der Waals surface area contributed by atoms with Gasteiger partial charge in [0.1, 0.15) is 11.5 Å². The van der Waals surface area contributed by atoms with Crippen molar-refractivity contribution in [2.75, 3.05) is 20.1 Å². The number of azide groups is 1. The lowest BCUT2D eigenvalue weighted by Crippen LogP contribution is -2.30. The fraction of sp³-hybridized carbons (Fsp3) is 0.267. The molecule has 2 heterocycles. The Morgan fingerprint density at radius 1 is 1.39 bits per heavy atom. The van der Waals surface area contributed by atoms with Crippen molar-refractivity contribution in [3.05, 3.63) is 51.1 Å². The van der Waals surface area contributed by atoms with Crippen molar-refractivity contribution < 1.29 is 0 Å². The van der Waals surface area contributed by atoms with Crippen LogP contribution in [-0.4, -0.2) is 39.8 Å². The van der Waals surface area contributed by atoms with Gasteiger partial charge in [0.05, 0.1) is 18.8 Å². The lowest BCUT2D eigenvalue weighted by atomic mass is 10.2. The standard InChI is InChI=1S/C15H15N7O/c1-3-9-21(2)10-11-22-15(23)8-7-13(19-22)12-5-4-6-14(17-12)18-20-16/h1,4-8H,9-11H2,2H3. The largest absolute Gasteiger partial charge is 0.294 e. The fourth-order valence-electron chi connectivity index (χ4n) is 1.91. The molecule has 0 N–H and O–H groups in total. The molecular formula is C15H15N7O. The van der Waals surface area contributed by atoms with Gasteiger partial charge in [-0.1, -0.05) is 12.0 Å². The van der Waals surface area contributed by atoms with E-state index in [4.69, 9.17) is 12.0 Å². The van der Waals surface area contributed by atoms with Crippen LogP contribution in [0.2, 0.25) is 0 Å². The maximum Gasteiger partial charge on any atom is 0.266 e. The Kier molecular flexibility index (Phi) is 5.47. The predicted octanol–water partition coefficient (Wildman–Crippen LogP) is 1.81. The molecule has 0 atom stereocenters. The van der Waals surface area contributed by atoms with Gasteiger partial charge in [0.2, 0.25) is 0 Å². The first kappa shape index (κ1) is 16.2. The monoisotopic (exact) mass is 309 g/mol. The maximum absolute atomic E-state index is 11.9. The number of hydrogen-bond donors (Lipinski definition) is 0. The summed E-state index contributed by atoms with van der Waals surface area (Å²) in [4.78, 5) is 20.7. The zero-order valence-electron chi connectivity index (χ0n) is 12.6. The number of aromatic nitrogens is 3. The molecule has 0 bridgehead atoms. The average molecular weight is 309 g/mol. The molecule has 116 valence electrons. The minimum Gasteiger partial charge on any atom is -0.294 e. The van der Waals surface area contributed by atoms with Gasteiger partial charge in [0.25, 0.3) is 5.56 Å². The van der Waals surface area contributed by atoms with Crippen molar-refractivity contribution in [1.29, 1.82) is 0 Å². The lowest BCUT2D eigenvalue weighted by Gasteiger charge is -2.13. The van der Waals surface area contributed by atoms with E-state index in [9.17, 15) is 4.79 Å². The molecular weight excluding hydrogens is 294 g/mol. The smallest absolute Gasteiger partial charge is 0.266 e. The molecule has 2 rings (SSSR count). The highest BCUT2D eigenvalue weighted by atomic mass is 16.1. The topological polar surface area (TPSA) is 99.8 Å². The predicted molar refractivity (Wildman–Crippen MR) is 86.9 cm³/mol. The highest BCUT2D eigenvalue weighted by molar-refractivity contribution is 5.55. The zero-order valence-corrected chi connectivity index (χ0v) is 12.6. The van der Waals surface area contributed by atoms with Crippen LogP contribution in [0.15, 0.2) is 40.2 Å². The van der Waals surface area contributed by atoms with E-state index in [-0.39, 0.29) is 11.4 Å². The molecule has 0 spiro atoms. The Morgan fingerprint density at radius 3 is 2.96 bits per heavy atom. The van der Waals surface area contributed by atoms with E-state index in [0.717, 1.165) is 0 Å². The number of hydrogen-bond acceptors (Lipinski definition) is 5. The molecule has 0 saturated carbocycles. The minimum absolute atomic E-state index is 0.200. The summed E-state index contributed by atoms with van der Waals surface area (Å²) in [7, 11) is 1.87. The van der Waals surface area contributed by atoms with Crippen LogP contribution in [0, 0.1) is 12.3 Å². The van der Waals surface area contributed by atoms with E-state index in [1.54, 1.807) is 24.3 Å². The Bertz CT molecular complexity index is 830. The third-order valence-electron chi connectivity index (χ3n) is 3.07. The highest BCUT2D eigenvalue weighted by Crippen LogP contribution is 2.17. The minimum atomic E-state index is -0.200. The summed E-state index contributed by atoms with van der Waals surface area (Å²) in [5.74, 6) is 2.79. The molecule has 0 aromatic carbocycles. The van der Waals surface area contributed by atoms with Crippen molar-refractivity contribution in [3.8, 4) is 23.7 Å². The van der Waals surface area contributed by atoms with Crippen LogP contribution in [0.5, 0.6) is 0 Å². The quantitative estimate of drug-likeness (QED) is 0.351. The van der Waals surface area contributed by atoms with Crippen LogP contribution in [-0.2, 0) is 6.54 Å². The number of rotatable bonds is 6. The van der Waals surface area contributed by atoms with Crippen LogP contribution >= 0.6 is 0 Å². The Balaban J connectivity index is 2.26. The molecule has 2 aromatic rings. The molecule has 8 heteroatoms. The summed E-state index contributed by atoms with van der Waals surface area (Å²) in [6, 6.07) is 8.06. The van der Waals surface area contributed by atoms with Crippen LogP contribution in [0.4, 0.5) is 5.82 Å². The molecule has 2 aromatic heterocycles. The van der Waals surface area contributed by atoms with E-state index < -0.39 is 0 Å². The Labute approximate surface area is 133 Å². The van der Waals surface area contributed by atoms with Gasteiger partial charge in [-0.15, -0.1) is 6.42 Å². The number of terminal acetylenes is 1. The number of nitrogens with zero attached hydrogens (tertiary/aromatic N) is 7. The fourth-order valence-corrected chi connectivity index (χ4v) is 1.91. The van der Waals surface area contributed by atoms with E-state index in [0.29, 0.717) is 31.0 Å². The van der Waals surface area contributed by atoms with E-state index >= 15 is 0 Å². The molecule has 8 nitrogen and oxygen atoms in total. The first-order valence-corrected chi connectivity index (χ1v) is 6.86. The van der Waals surface area contributed by atoms with Crippen molar-refractivity contribution in [3.63, 3.8) is 0 Å². The molecule has 0 aliphatic heterocycles. The molecule has 0 fully saturated rings. The summed E-state index contributed by atoms with van der Waals surface area (Å²) in [6.45, 7) is 1.53. The van der Waals surface area contributed by atoms with Gasteiger partial charge in [-0.3, -0.25) is 9.69 Å². The van der Waals surface area contributed by atoms with Crippen molar-refractivity contribution in [2.24, 2.45) is 5.11 Å². The second-order valence-corrected chi connectivity index (χ2v) is 4.79. The van der Waals surface area contributed by atoms with E-state index in [1.807, 2.05) is 11.9 Å². The molecule has 0 radical (unpaired) electrons. The third-order valence-corrected chi connectivity index (χ3v) is 3.07. The van der Waals surface area contributed by atoms with Crippen molar-refractivity contribution >= 4 is 5.82 Å². The van der Waals surface area contributed by atoms with Gasteiger partial charge in [-0.05, 0) is 35.9 Å². The Hall–Kier alpha value is -3.14. The van der Waals surface area contributed by atoms with Gasteiger partial charge in [0, 0.05) is 17.5 Å². The molecule has 0 aliphatic carbocycles. The van der Waals surface area contributed by atoms with Gasteiger partial charge in [-0.2, -0.15) is 5.10 Å². The lowest BCUT2D eigenvalue weighted by molar-refractivity contribution is 0.343. The summed E-state index contributed by atoms with van der Waals surface area (Å²) >= 11 is 0. The normalized spacial score (nSPS) is 10.1. The number of likely N-dealkylation sites (N-methyl/N-ethyl adjacent to an activating group) is 1. The molecule has 0 unspecified atom stereocenters. The second-order valence-electron chi connectivity index (χ2n) is 4.79. The van der Waals surface area contributed by atoms with Crippen LogP contribution in [0.3, 0.4) is 0 Å². The molecule has 0 amide bonds. The molecule has 23 heavy (non-hydrogen) atoms. The van der Waals surface area contributed by atoms with Gasteiger partial charge in [0.15, 0.2) is 0 Å². The Morgan fingerprint density at radius 2 is 2.22 bits per heavy atom.